The lowest BCUT2D eigenvalue weighted by Crippen LogP contribution is -2.34. The quantitative estimate of drug-likeness (QED) is 0.930. The molecule has 1 N–H and O–H groups in total. The summed E-state index contributed by atoms with van der Waals surface area (Å²) in [4.78, 5) is 14.0. The van der Waals surface area contributed by atoms with Crippen molar-refractivity contribution in [3.63, 3.8) is 0 Å². The fourth-order valence-electron chi connectivity index (χ4n) is 2.06. The first-order valence-electron chi connectivity index (χ1n) is 6.22. The van der Waals surface area contributed by atoms with E-state index in [1.165, 1.54) is 12.1 Å². The van der Waals surface area contributed by atoms with Crippen molar-refractivity contribution in [2.75, 3.05) is 26.2 Å². The molecule has 1 heterocycles. The van der Waals surface area contributed by atoms with Crippen LogP contribution in [0.3, 0.4) is 0 Å². The molecule has 0 saturated carbocycles. The molecule has 1 aliphatic heterocycles. The molecule has 0 aliphatic carbocycles. The van der Waals surface area contributed by atoms with Crippen LogP contribution in [0.15, 0.2) is 24.3 Å². The number of hydrogen-bond donors (Lipinski definition) is 1. The molecule has 4 nitrogen and oxygen atoms in total. The lowest BCUT2D eigenvalue weighted by molar-refractivity contribution is -0.0502. The van der Waals surface area contributed by atoms with E-state index in [1.54, 1.807) is 17.0 Å². The fourth-order valence-corrected chi connectivity index (χ4v) is 2.06. The van der Waals surface area contributed by atoms with Gasteiger partial charge < -0.3 is 15.0 Å². The van der Waals surface area contributed by atoms with E-state index in [0.29, 0.717) is 19.6 Å². The zero-order valence-electron chi connectivity index (χ0n) is 10.9. The minimum absolute atomic E-state index is 0. The molecular weight excluding hydrogens is 290 g/mol. The maximum atomic E-state index is 12.3. The number of carbonyl (C=O) groups excluding carboxylic acids is 1. The molecule has 1 aromatic rings. The number of nitrogens with zero attached hydrogens (tertiary/aromatic N) is 1. The van der Waals surface area contributed by atoms with Gasteiger partial charge in [-0.05, 0) is 25.1 Å². The van der Waals surface area contributed by atoms with Gasteiger partial charge in [0.25, 0.3) is 5.91 Å². The number of para-hydroxylation sites is 1. The van der Waals surface area contributed by atoms with Gasteiger partial charge in [-0.2, -0.15) is 8.78 Å². The molecule has 112 valence electrons. The SMILES string of the molecule is Cl.O=C(c1ccccc1OC(F)F)N1CCCNCC1. The van der Waals surface area contributed by atoms with Gasteiger partial charge in [-0.15, -0.1) is 12.4 Å². The number of alkyl halides is 2. The van der Waals surface area contributed by atoms with Crippen LogP contribution in [0.2, 0.25) is 0 Å². The van der Waals surface area contributed by atoms with E-state index >= 15 is 0 Å². The monoisotopic (exact) mass is 306 g/mol. The average molecular weight is 307 g/mol. The van der Waals surface area contributed by atoms with Crippen molar-refractivity contribution >= 4 is 18.3 Å². The fraction of sp³-hybridized carbons (Fsp3) is 0.462. The van der Waals surface area contributed by atoms with Gasteiger partial charge in [0.1, 0.15) is 5.75 Å². The Balaban J connectivity index is 0.00000200. The molecule has 0 bridgehead atoms. The number of benzene rings is 1. The molecule has 20 heavy (non-hydrogen) atoms. The second-order valence-electron chi connectivity index (χ2n) is 4.27. The van der Waals surface area contributed by atoms with Crippen LogP contribution in [0.25, 0.3) is 0 Å². The summed E-state index contributed by atoms with van der Waals surface area (Å²) in [6.45, 7) is -0.168. The normalized spacial score (nSPS) is 15.4. The van der Waals surface area contributed by atoms with Crippen LogP contribution in [-0.2, 0) is 0 Å². The van der Waals surface area contributed by atoms with Crippen molar-refractivity contribution in [1.29, 1.82) is 0 Å². The Morgan fingerprint density at radius 3 is 2.75 bits per heavy atom. The second-order valence-corrected chi connectivity index (χ2v) is 4.27. The lowest BCUT2D eigenvalue weighted by Gasteiger charge is -2.21. The molecule has 1 amide bonds. The molecule has 1 aromatic carbocycles. The summed E-state index contributed by atoms with van der Waals surface area (Å²) in [6, 6.07) is 6.11. The maximum Gasteiger partial charge on any atom is 0.387 e. The third kappa shape index (κ3) is 4.31. The zero-order valence-corrected chi connectivity index (χ0v) is 11.7. The summed E-state index contributed by atoms with van der Waals surface area (Å²) in [5.74, 6) is -0.334. The van der Waals surface area contributed by atoms with Gasteiger partial charge in [0.15, 0.2) is 0 Å². The van der Waals surface area contributed by atoms with Gasteiger partial charge >= 0.3 is 6.61 Å². The number of ether oxygens (including phenoxy) is 1. The van der Waals surface area contributed by atoms with Crippen LogP contribution in [0.1, 0.15) is 16.8 Å². The zero-order chi connectivity index (χ0) is 13.7. The molecule has 0 spiro atoms. The molecule has 1 fully saturated rings. The van der Waals surface area contributed by atoms with Crippen LogP contribution in [0.5, 0.6) is 5.75 Å². The first-order chi connectivity index (χ1) is 9.18. The van der Waals surface area contributed by atoms with E-state index in [9.17, 15) is 13.6 Å². The van der Waals surface area contributed by atoms with Crippen molar-refractivity contribution in [1.82, 2.24) is 10.2 Å². The molecule has 7 heteroatoms. The lowest BCUT2D eigenvalue weighted by atomic mass is 10.1. The molecule has 0 unspecified atom stereocenters. The third-order valence-corrected chi connectivity index (χ3v) is 2.96. The highest BCUT2D eigenvalue weighted by molar-refractivity contribution is 5.97. The Kier molecular flexibility index (Phi) is 6.67. The van der Waals surface area contributed by atoms with Gasteiger partial charge in [-0.1, -0.05) is 12.1 Å². The van der Waals surface area contributed by atoms with Gasteiger partial charge in [-0.25, -0.2) is 0 Å². The summed E-state index contributed by atoms with van der Waals surface area (Å²) < 4.78 is 29.0. The number of amides is 1. The number of halogens is 3. The number of nitrogens with one attached hydrogen (secondary N) is 1. The Bertz CT molecular complexity index is 438. The molecule has 0 atom stereocenters. The summed E-state index contributed by atoms with van der Waals surface area (Å²) in [5, 5.41) is 3.19. The van der Waals surface area contributed by atoms with E-state index in [1.807, 2.05) is 0 Å². The van der Waals surface area contributed by atoms with E-state index < -0.39 is 6.61 Å². The van der Waals surface area contributed by atoms with Crippen molar-refractivity contribution in [2.24, 2.45) is 0 Å². The first kappa shape index (κ1) is 16.7. The van der Waals surface area contributed by atoms with Gasteiger partial charge in [0, 0.05) is 19.6 Å². The van der Waals surface area contributed by atoms with E-state index in [2.05, 4.69) is 10.1 Å². The molecular formula is C13H17ClF2N2O2. The predicted molar refractivity (Wildman–Crippen MR) is 73.7 cm³/mol. The Morgan fingerprint density at radius 1 is 1.25 bits per heavy atom. The summed E-state index contributed by atoms with van der Waals surface area (Å²) in [7, 11) is 0. The molecule has 1 aliphatic rings. The Hall–Kier alpha value is -1.40. The van der Waals surface area contributed by atoms with Crippen molar-refractivity contribution in [3.8, 4) is 5.75 Å². The number of carbonyl (C=O) groups is 1. The highest BCUT2D eigenvalue weighted by atomic mass is 35.5. The molecule has 0 aromatic heterocycles. The van der Waals surface area contributed by atoms with E-state index in [4.69, 9.17) is 0 Å². The summed E-state index contributed by atoms with van der Waals surface area (Å²) >= 11 is 0. The van der Waals surface area contributed by atoms with Gasteiger partial charge in [0.05, 0.1) is 5.56 Å². The highest BCUT2D eigenvalue weighted by Crippen LogP contribution is 2.22. The van der Waals surface area contributed by atoms with Crippen LogP contribution < -0.4 is 10.1 Å². The summed E-state index contributed by atoms with van der Waals surface area (Å²) in [6.07, 6.45) is 0.851. The molecule has 1 saturated heterocycles. The number of rotatable bonds is 3. The topological polar surface area (TPSA) is 41.6 Å². The van der Waals surface area contributed by atoms with Crippen LogP contribution >= 0.6 is 12.4 Å². The third-order valence-electron chi connectivity index (χ3n) is 2.96. The van der Waals surface area contributed by atoms with Crippen LogP contribution in [0.4, 0.5) is 8.78 Å². The van der Waals surface area contributed by atoms with Gasteiger partial charge in [0.2, 0.25) is 0 Å². The van der Waals surface area contributed by atoms with E-state index in [0.717, 1.165) is 13.0 Å². The minimum Gasteiger partial charge on any atom is -0.434 e. The van der Waals surface area contributed by atoms with Gasteiger partial charge in [-0.3, -0.25) is 4.79 Å². The van der Waals surface area contributed by atoms with E-state index in [-0.39, 0.29) is 29.6 Å². The smallest absolute Gasteiger partial charge is 0.387 e. The maximum absolute atomic E-state index is 12.3. The predicted octanol–water partition coefficient (Wildman–Crippen LogP) is 2.15. The molecule has 2 rings (SSSR count). The van der Waals surface area contributed by atoms with Crippen LogP contribution in [-0.4, -0.2) is 43.6 Å². The van der Waals surface area contributed by atoms with Crippen molar-refractivity contribution in [2.45, 2.75) is 13.0 Å². The highest BCUT2D eigenvalue weighted by Gasteiger charge is 2.21. The molecule has 0 radical (unpaired) electrons. The first-order valence-corrected chi connectivity index (χ1v) is 6.22. The largest absolute Gasteiger partial charge is 0.434 e. The Labute approximate surface area is 122 Å². The van der Waals surface area contributed by atoms with Crippen LogP contribution in [0, 0.1) is 0 Å². The Morgan fingerprint density at radius 2 is 2.00 bits per heavy atom. The van der Waals surface area contributed by atoms with Crippen molar-refractivity contribution < 1.29 is 18.3 Å². The standard InChI is InChI=1S/C13H16F2N2O2.ClH/c14-13(15)19-11-5-2-1-4-10(11)12(18)17-8-3-6-16-7-9-17;/h1-2,4-5,13,16H,3,6-9H2;1H. The minimum atomic E-state index is -2.93. The average Bonchev–Trinajstić information content (AvgIpc) is 2.67. The number of hydrogen-bond acceptors (Lipinski definition) is 3. The summed E-state index contributed by atoms with van der Waals surface area (Å²) in [5.41, 5.74) is 0.185. The van der Waals surface area contributed by atoms with Crippen molar-refractivity contribution in [3.05, 3.63) is 29.8 Å². The second kappa shape index (κ2) is 8.01.